The molecule has 1 aliphatic rings. The number of aromatic nitrogens is 3. The van der Waals surface area contributed by atoms with Crippen LogP contribution in [-0.2, 0) is 0 Å². The number of piperazine rings is 1. The van der Waals surface area contributed by atoms with Gasteiger partial charge in [-0.2, -0.15) is 0 Å². The molecule has 4 N–H and O–H groups in total. The summed E-state index contributed by atoms with van der Waals surface area (Å²) < 4.78 is 5.34. The van der Waals surface area contributed by atoms with Gasteiger partial charge in [0.15, 0.2) is 0 Å². The Bertz CT molecular complexity index is 1080. The van der Waals surface area contributed by atoms with Crippen LogP contribution in [0.3, 0.4) is 0 Å². The van der Waals surface area contributed by atoms with Crippen molar-refractivity contribution in [1.82, 2.24) is 19.9 Å². The first-order valence-electron chi connectivity index (χ1n) is 10.2. The van der Waals surface area contributed by atoms with Gasteiger partial charge in [0.05, 0.1) is 42.1 Å². The molecule has 1 aliphatic heterocycles. The predicted octanol–water partition coefficient (Wildman–Crippen LogP) is 2.22. The van der Waals surface area contributed by atoms with Crippen molar-refractivity contribution in [3.63, 3.8) is 0 Å². The number of hydrogen-bond acceptors (Lipinski definition) is 9. The Hall–Kier alpha value is -3.92. The molecule has 1 amide bonds. The minimum absolute atomic E-state index is 0.250. The molecule has 4 heterocycles. The first-order valence-corrected chi connectivity index (χ1v) is 10.2. The number of nitrogens with one attached hydrogen (secondary N) is 2. The normalized spacial score (nSPS) is 14.1. The van der Waals surface area contributed by atoms with Crippen LogP contribution in [0.1, 0.15) is 10.4 Å². The largest absolute Gasteiger partial charge is 0.494 e. The number of anilines is 5. The number of carbonyl (C=O) groups excluding carboxylic acids is 1. The second kappa shape index (κ2) is 9.48. The highest BCUT2D eigenvalue weighted by Gasteiger charge is 2.15. The van der Waals surface area contributed by atoms with Crippen LogP contribution in [0.25, 0.3) is 0 Å². The summed E-state index contributed by atoms with van der Waals surface area (Å²) in [4.78, 5) is 29.5. The molecule has 10 nitrogen and oxygen atoms in total. The van der Waals surface area contributed by atoms with E-state index in [0.29, 0.717) is 28.8 Å². The predicted molar refractivity (Wildman–Crippen MR) is 124 cm³/mol. The number of primary amides is 1. The number of hydrogen-bond donors (Lipinski definition) is 3. The van der Waals surface area contributed by atoms with Crippen LogP contribution >= 0.6 is 0 Å². The van der Waals surface area contributed by atoms with Gasteiger partial charge in [-0.15, -0.1) is 0 Å². The molecular weight excluding hydrogens is 408 g/mol. The van der Waals surface area contributed by atoms with E-state index >= 15 is 0 Å². The summed E-state index contributed by atoms with van der Waals surface area (Å²) >= 11 is 0. The van der Waals surface area contributed by atoms with Crippen molar-refractivity contribution >= 4 is 34.6 Å². The van der Waals surface area contributed by atoms with E-state index in [1.54, 1.807) is 31.6 Å². The van der Waals surface area contributed by atoms with Gasteiger partial charge in [-0.3, -0.25) is 9.78 Å². The van der Waals surface area contributed by atoms with Crippen LogP contribution in [-0.4, -0.2) is 66.1 Å². The topological polar surface area (TPSA) is 122 Å². The molecule has 1 fully saturated rings. The van der Waals surface area contributed by atoms with Gasteiger partial charge in [0.2, 0.25) is 0 Å². The Labute approximate surface area is 186 Å². The second-order valence-electron chi connectivity index (χ2n) is 7.50. The fraction of sp³-hybridized carbons (Fsp3) is 0.273. The van der Waals surface area contributed by atoms with Crippen LogP contribution < -0.4 is 26.0 Å². The number of methoxy groups -OCH3 is 1. The molecule has 4 rings (SSSR count). The number of amides is 1. The second-order valence-corrected chi connectivity index (χ2v) is 7.50. The van der Waals surface area contributed by atoms with Gasteiger partial charge in [0, 0.05) is 50.7 Å². The quantitative estimate of drug-likeness (QED) is 0.514. The molecule has 0 unspecified atom stereocenters. The Morgan fingerprint density at radius 2 is 1.78 bits per heavy atom. The number of nitrogens with zero attached hydrogens (tertiary/aromatic N) is 5. The molecule has 0 spiro atoms. The van der Waals surface area contributed by atoms with Crippen molar-refractivity contribution in [3.8, 4) is 5.75 Å². The SMILES string of the molecule is COc1ccncc1Nc1cc(Nc2ccc(N3CCN(C)CC3)cn2)ncc1C(N)=O. The van der Waals surface area contributed by atoms with Crippen LogP contribution in [0.4, 0.5) is 28.7 Å². The van der Waals surface area contributed by atoms with Crippen molar-refractivity contribution in [3.05, 3.63) is 54.6 Å². The Morgan fingerprint density at radius 1 is 1.00 bits per heavy atom. The zero-order chi connectivity index (χ0) is 22.5. The van der Waals surface area contributed by atoms with E-state index in [-0.39, 0.29) is 5.56 Å². The van der Waals surface area contributed by atoms with E-state index in [1.165, 1.54) is 6.20 Å². The van der Waals surface area contributed by atoms with E-state index in [1.807, 2.05) is 18.3 Å². The number of nitrogens with two attached hydrogens (primary N) is 1. The average molecular weight is 435 g/mol. The molecule has 3 aromatic rings. The minimum atomic E-state index is -0.593. The first kappa shape index (κ1) is 21.3. The lowest BCUT2D eigenvalue weighted by atomic mass is 10.2. The number of pyridine rings is 3. The lowest BCUT2D eigenvalue weighted by Crippen LogP contribution is -2.44. The highest BCUT2D eigenvalue weighted by molar-refractivity contribution is 5.99. The average Bonchev–Trinajstić information content (AvgIpc) is 2.80. The molecule has 0 saturated carbocycles. The van der Waals surface area contributed by atoms with Crippen LogP contribution in [0.15, 0.2) is 49.1 Å². The molecule has 0 aliphatic carbocycles. The number of ether oxygens (including phenoxy) is 1. The van der Waals surface area contributed by atoms with Gasteiger partial charge < -0.3 is 30.9 Å². The first-order chi connectivity index (χ1) is 15.5. The van der Waals surface area contributed by atoms with Gasteiger partial charge in [-0.05, 0) is 19.2 Å². The molecule has 32 heavy (non-hydrogen) atoms. The van der Waals surface area contributed by atoms with Crippen molar-refractivity contribution < 1.29 is 9.53 Å². The van der Waals surface area contributed by atoms with Gasteiger partial charge in [-0.1, -0.05) is 0 Å². The van der Waals surface area contributed by atoms with Crippen molar-refractivity contribution in [2.75, 3.05) is 55.9 Å². The highest BCUT2D eigenvalue weighted by atomic mass is 16.5. The van der Waals surface area contributed by atoms with Crippen molar-refractivity contribution in [1.29, 1.82) is 0 Å². The summed E-state index contributed by atoms with van der Waals surface area (Å²) in [5, 5.41) is 6.33. The van der Waals surface area contributed by atoms with Crippen LogP contribution in [0.2, 0.25) is 0 Å². The summed E-state index contributed by atoms with van der Waals surface area (Å²) in [6.07, 6.45) is 6.51. The fourth-order valence-corrected chi connectivity index (χ4v) is 3.47. The molecule has 10 heteroatoms. The zero-order valence-corrected chi connectivity index (χ0v) is 18.1. The molecule has 166 valence electrons. The summed E-state index contributed by atoms with van der Waals surface area (Å²) in [7, 11) is 3.69. The Kier molecular flexibility index (Phi) is 6.31. The third kappa shape index (κ3) is 4.86. The van der Waals surface area contributed by atoms with Crippen LogP contribution in [0.5, 0.6) is 5.75 Å². The van der Waals surface area contributed by atoms with E-state index in [4.69, 9.17) is 10.5 Å². The lowest BCUT2D eigenvalue weighted by molar-refractivity contribution is 0.100. The van der Waals surface area contributed by atoms with E-state index < -0.39 is 5.91 Å². The van der Waals surface area contributed by atoms with E-state index in [2.05, 4.69) is 42.4 Å². The third-order valence-corrected chi connectivity index (χ3v) is 5.31. The summed E-state index contributed by atoms with van der Waals surface area (Å²) in [5.41, 5.74) is 7.95. The molecule has 0 radical (unpaired) electrons. The summed E-state index contributed by atoms with van der Waals surface area (Å²) in [6.45, 7) is 4.03. The maximum Gasteiger partial charge on any atom is 0.252 e. The molecule has 0 atom stereocenters. The molecule has 1 saturated heterocycles. The van der Waals surface area contributed by atoms with Crippen molar-refractivity contribution in [2.45, 2.75) is 0 Å². The Balaban J connectivity index is 1.52. The molecule has 0 bridgehead atoms. The van der Waals surface area contributed by atoms with Gasteiger partial charge in [0.25, 0.3) is 5.91 Å². The zero-order valence-electron chi connectivity index (χ0n) is 18.1. The Morgan fingerprint density at radius 3 is 2.47 bits per heavy atom. The van der Waals surface area contributed by atoms with Gasteiger partial charge in [0.1, 0.15) is 17.4 Å². The van der Waals surface area contributed by atoms with Gasteiger partial charge >= 0.3 is 0 Å². The molecule has 0 aromatic carbocycles. The van der Waals surface area contributed by atoms with Crippen molar-refractivity contribution in [2.24, 2.45) is 5.73 Å². The molecular formula is C22H26N8O2. The summed E-state index contributed by atoms with van der Waals surface area (Å²) in [5.74, 6) is 1.15. The standard InChI is InChI=1S/C22H26N8O2/c1-29-7-9-30(10-8-29)15-3-4-20(25-12-15)28-21-11-17(16(13-26-21)22(23)31)27-18-14-24-6-5-19(18)32-2/h3-6,11-14H,7-10H2,1-2H3,(H2,23,31)(H2,25,26,27,28). The number of rotatable bonds is 7. The van der Waals surface area contributed by atoms with E-state index in [9.17, 15) is 4.79 Å². The number of carbonyl (C=O) groups is 1. The maximum atomic E-state index is 11.9. The van der Waals surface area contributed by atoms with E-state index in [0.717, 1.165) is 31.9 Å². The number of likely N-dealkylation sites (N-methyl/N-ethyl adjacent to an activating group) is 1. The third-order valence-electron chi connectivity index (χ3n) is 5.31. The fourth-order valence-electron chi connectivity index (χ4n) is 3.47. The maximum absolute atomic E-state index is 11.9. The smallest absolute Gasteiger partial charge is 0.252 e. The minimum Gasteiger partial charge on any atom is -0.494 e. The highest BCUT2D eigenvalue weighted by Crippen LogP contribution is 2.29. The van der Waals surface area contributed by atoms with Gasteiger partial charge in [-0.25, -0.2) is 9.97 Å². The summed E-state index contributed by atoms with van der Waals surface area (Å²) in [6, 6.07) is 7.37. The monoisotopic (exact) mass is 434 g/mol. The lowest BCUT2D eigenvalue weighted by Gasteiger charge is -2.33. The van der Waals surface area contributed by atoms with Crippen LogP contribution in [0, 0.1) is 0 Å². The molecule has 3 aromatic heterocycles.